The Hall–Kier alpha value is -0.310. The van der Waals surface area contributed by atoms with Crippen LogP contribution < -0.4 is 5.73 Å². The molecule has 0 saturated heterocycles. The van der Waals surface area contributed by atoms with Gasteiger partial charge in [0.05, 0.1) is 0 Å². The van der Waals surface area contributed by atoms with Crippen molar-refractivity contribution in [3.8, 4) is 0 Å². The summed E-state index contributed by atoms with van der Waals surface area (Å²) >= 11 is 4.91. The number of rotatable bonds is 6. The summed E-state index contributed by atoms with van der Waals surface area (Å²) in [6, 6.07) is 1.39. The van der Waals surface area contributed by atoms with Gasteiger partial charge in [-0.3, -0.25) is 0 Å². The van der Waals surface area contributed by atoms with Crippen molar-refractivity contribution < 1.29 is 8.42 Å². The highest BCUT2D eigenvalue weighted by Crippen LogP contribution is 2.25. The van der Waals surface area contributed by atoms with Crippen LogP contribution in [0.25, 0.3) is 0 Å². The van der Waals surface area contributed by atoms with Crippen LogP contribution >= 0.6 is 27.7 Å². The van der Waals surface area contributed by atoms with E-state index in [-0.39, 0.29) is 16.8 Å². The van der Waals surface area contributed by atoms with Crippen molar-refractivity contribution in [1.82, 2.24) is 9.29 Å². The second-order valence-electron chi connectivity index (χ2n) is 4.19. The molecule has 0 aliphatic heterocycles. The number of hydrogen-bond acceptors (Lipinski definition) is 5. The van der Waals surface area contributed by atoms with Crippen molar-refractivity contribution in [2.75, 3.05) is 24.8 Å². The zero-order valence-electron chi connectivity index (χ0n) is 11.1. The Kier molecular flexibility index (Phi) is 6.10. The number of hydrogen-bond donors (Lipinski definition) is 1. The Balaban J connectivity index is 3.06. The van der Waals surface area contributed by atoms with E-state index < -0.39 is 10.0 Å². The van der Waals surface area contributed by atoms with E-state index in [0.29, 0.717) is 4.47 Å². The van der Waals surface area contributed by atoms with Crippen LogP contribution in [0.5, 0.6) is 0 Å². The fraction of sp³-hybridized carbons (Fsp3) is 0.545. The van der Waals surface area contributed by atoms with Crippen molar-refractivity contribution in [3.63, 3.8) is 0 Å². The van der Waals surface area contributed by atoms with Gasteiger partial charge in [-0.2, -0.15) is 16.1 Å². The lowest BCUT2D eigenvalue weighted by atomic mass is 10.3. The summed E-state index contributed by atoms with van der Waals surface area (Å²) in [5.74, 6) is 0.930. The molecule has 0 aliphatic rings. The smallest absolute Gasteiger partial charge is 0.246 e. The molecule has 8 heteroatoms. The van der Waals surface area contributed by atoms with Gasteiger partial charge in [-0.1, -0.05) is 0 Å². The first kappa shape index (κ1) is 16.7. The molecule has 1 atom stereocenters. The fourth-order valence-corrected chi connectivity index (χ4v) is 4.04. The standard InChI is InChI=1S/C11H18BrN3O2S2/c1-8(4-5-18-3)15(2)19(16,17)10-6-9(12)7-14-11(10)13/h6-8H,4-5H2,1-3H3,(H2,13,14). The molecule has 0 aromatic carbocycles. The van der Waals surface area contributed by atoms with E-state index in [4.69, 9.17) is 5.73 Å². The molecule has 0 aliphatic carbocycles. The van der Waals surface area contributed by atoms with Gasteiger partial charge >= 0.3 is 0 Å². The molecule has 1 aromatic heterocycles. The maximum Gasteiger partial charge on any atom is 0.246 e. The second-order valence-corrected chi connectivity index (χ2v) is 8.06. The summed E-state index contributed by atoms with van der Waals surface area (Å²) in [7, 11) is -2.05. The molecule has 1 rings (SSSR count). The maximum atomic E-state index is 12.5. The third kappa shape index (κ3) is 4.08. The average Bonchev–Trinajstić information content (AvgIpc) is 2.37. The van der Waals surface area contributed by atoms with Gasteiger partial charge in [-0.25, -0.2) is 13.4 Å². The minimum atomic E-state index is -3.62. The molecule has 0 spiro atoms. The van der Waals surface area contributed by atoms with Crippen molar-refractivity contribution in [2.45, 2.75) is 24.3 Å². The first-order valence-electron chi connectivity index (χ1n) is 5.68. The average molecular weight is 368 g/mol. The number of nitrogens with zero attached hydrogens (tertiary/aromatic N) is 2. The molecular weight excluding hydrogens is 350 g/mol. The van der Waals surface area contributed by atoms with Crippen molar-refractivity contribution >= 4 is 43.5 Å². The van der Waals surface area contributed by atoms with E-state index >= 15 is 0 Å². The van der Waals surface area contributed by atoms with Crippen LogP contribution in [0, 0.1) is 0 Å². The highest BCUT2D eigenvalue weighted by molar-refractivity contribution is 9.10. The molecule has 0 fully saturated rings. The van der Waals surface area contributed by atoms with Crippen LogP contribution in [0.2, 0.25) is 0 Å². The number of nitrogen functional groups attached to an aromatic ring is 1. The van der Waals surface area contributed by atoms with Gasteiger partial charge in [0.1, 0.15) is 10.7 Å². The molecule has 0 amide bonds. The molecule has 2 N–H and O–H groups in total. The van der Waals surface area contributed by atoms with E-state index in [2.05, 4.69) is 20.9 Å². The molecule has 1 heterocycles. The monoisotopic (exact) mass is 367 g/mol. The Morgan fingerprint density at radius 3 is 2.79 bits per heavy atom. The Bertz CT molecular complexity index is 537. The molecule has 108 valence electrons. The van der Waals surface area contributed by atoms with Gasteiger partial charge in [0.25, 0.3) is 0 Å². The number of pyridine rings is 1. The summed E-state index contributed by atoms with van der Waals surface area (Å²) in [4.78, 5) is 3.91. The third-order valence-electron chi connectivity index (χ3n) is 2.87. The molecule has 1 aromatic rings. The van der Waals surface area contributed by atoms with E-state index in [1.54, 1.807) is 18.8 Å². The van der Waals surface area contributed by atoms with Crippen LogP contribution in [-0.4, -0.2) is 42.8 Å². The Morgan fingerprint density at radius 1 is 1.58 bits per heavy atom. The lowest BCUT2D eigenvalue weighted by Gasteiger charge is -2.24. The third-order valence-corrected chi connectivity index (χ3v) is 5.94. The predicted octanol–water partition coefficient (Wildman–Crippen LogP) is 2.19. The first-order chi connectivity index (χ1) is 8.80. The largest absolute Gasteiger partial charge is 0.383 e. The van der Waals surface area contributed by atoms with Gasteiger partial charge in [0, 0.05) is 23.8 Å². The fourth-order valence-electron chi connectivity index (χ4n) is 1.50. The summed E-state index contributed by atoms with van der Waals surface area (Å²) in [6.45, 7) is 1.88. The van der Waals surface area contributed by atoms with Gasteiger partial charge in [-0.15, -0.1) is 0 Å². The lowest BCUT2D eigenvalue weighted by Crippen LogP contribution is -2.36. The van der Waals surface area contributed by atoms with Crippen molar-refractivity contribution in [3.05, 3.63) is 16.7 Å². The Labute approximate surface area is 127 Å². The summed E-state index contributed by atoms with van der Waals surface area (Å²) in [5.41, 5.74) is 5.67. The summed E-state index contributed by atoms with van der Waals surface area (Å²) in [6.07, 6.45) is 4.27. The van der Waals surface area contributed by atoms with Crippen LogP contribution in [0.3, 0.4) is 0 Å². The zero-order chi connectivity index (χ0) is 14.6. The highest BCUT2D eigenvalue weighted by atomic mass is 79.9. The number of sulfonamides is 1. The maximum absolute atomic E-state index is 12.5. The van der Waals surface area contributed by atoms with Crippen LogP contribution in [0.1, 0.15) is 13.3 Å². The van der Waals surface area contributed by atoms with Crippen molar-refractivity contribution in [1.29, 1.82) is 0 Å². The van der Waals surface area contributed by atoms with Gasteiger partial charge in [-0.05, 0) is 47.3 Å². The number of nitrogens with two attached hydrogens (primary N) is 1. The molecule has 0 bridgehead atoms. The quantitative estimate of drug-likeness (QED) is 0.833. The SMILES string of the molecule is CSCCC(C)N(C)S(=O)(=O)c1cc(Br)cnc1N. The minimum Gasteiger partial charge on any atom is -0.383 e. The molecule has 19 heavy (non-hydrogen) atoms. The van der Waals surface area contributed by atoms with Gasteiger partial charge in [0.15, 0.2) is 0 Å². The molecular formula is C11H18BrN3O2S2. The van der Waals surface area contributed by atoms with Gasteiger partial charge < -0.3 is 5.73 Å². The second kappa shape index (κ2) is 6.92. The predicted molar refractivity (Wildman–Crippen MR) is 83.8 cm³/mol. The van der Waals surface area contributed by atoms with E-state index in [1.165, 1.54) is 16.6 Å². The normalized spacial score (nSPS) is 13.7. The lowest BCUT2D eigenvalue weighted by molar-refractivity contribution is 0.382. The molecule has 0 saturated carbocycles. The number of aromatic nitrogens is 1. The summed E-state index contributed by atoms with van der Waals surface area (Å²) < 4.78 is 26.9. The molecule has 1 unspecified atom stereocenters. The topological polar surface area (TPSA) is 76.3 Å². The summed E-state index contributed by atoms with van der Waals surface area (Å²) in [5, 5.41) is 0. The molecule has 5 nitrogen and oxygen atoms in total. The number of thioether (sulfide) groups is 1. The van der Waals surface area contributed by atoms with E-state index in [9.17, 15) is 8.42 Å². The van der Waals surface area contributed by atoms with Crippen LogP contribution in [0.4, 0.5) is 5.82 Å². The Morgan fingerprint density at radius 2 is 2.21 bits per heavy atom. The first-order valence-corrected chi connectivity index (χ1v) is 9.31. The van der Waals surface area contributed by atoms with Crippen molar-refractivity contribution in [2.24, 2.45) is 0 Å². The molecule has 0 radical (unpaired) electrons. The number of halogens is 1. The number of anilines is 1. The van der Waals surface area contributed by atoms with Gasteiger partial charge in [0.2, 0.25) is 10.0 Å². The zero-order valence-corrected chi connectivity index (χ0v) is 14.3. The van der Waals surface area contributed by atoms with E-state index in [1.807, 2.05) is 13.2 Å². The highest BCUT2D eigenvalue weighted by Gasteiger charge is 2.27. The van der Waals surface area contributed by atoms with Crippen LogP contribution in [0.15, 0.2) is 21.6 Å². The van der Waals surface area contributed by atoms with Crippen LogP contribution in [-0.2, 0) is 10.0 Å². The van der Waals surface area contributed by atoms with E-state index in [0.717, 1.165) is 12.2 Å². The minimum absolute atomic E-state index is 0.0205.